The van der Waals surface area contributed by atoms with Gasteiger partial charge in [0.25, 0.3) is 0 Å². The van der Waals surface area contributed by atoms with Crippen molar-refractivity contribution in [1.29, 1.82) is 0 Å². The van der Waals surface area contributed by atoms with E-state index in [1.54, 1.807) is 0 Å². The molecule has 5 nitrogen and oxygen atoms in total. The van der Waals surface area contributed by atoms with E-state index >= 15 is 0 Å². The summed E-state index contributed by atoms with van der Waals surface area (Å²) in [7, 11) is 0. The molecule has 6 atom stereocenters. The number of piperidine rings is 1. The predicted molar refractivity (Wildman–Crippen MR) is 114 cm³/mol. The number of unbranched alkanes of at least 4 members (excludes halogenated alkanes) is 3. The molecule has 3 fully saturated rings. The maximum atomic E-state index is 6.02. The third-order valence-corrected chi connectivity index (χ3v) is 7.15. The molecule has 6 unspecified atom stereocenters. The van der Waals surface area contributed by atoms with Crippen LogP contribution in [0.1, 0.15) is 72.6 Å². The van der Waals surface area contributed by atoms with Crippen molar-refractivity contribution in [3.63, 3.8) is 0 Å². The van der Waals surface area contributed by atoms with Gasteiger partial charge in [0.1, 0.15) is 6.17 Å². The lowest BCUT2D eigenvalue weighted by molar-refractivity contribution is -0.157. The van der Waals surface area contributed by atoms with Crippen molar-refractivity contribution in [2.24, 2.45) is 11.8 Å². The molecule has 3 saturated heterocycles. The van der Waals surface area contributed by atoms with Gasteiger partial charge < -0.3 is 9.47 Å². The van der Waals surface area contributed by atoms with Crippen LogP contribution in [0.5, 0.6) is 0 Å². The van der Waals surface area contributed by atoms with Gasteiger partial charge in [0.15, 0.2) is 0 Å². The van der Waals surface area contributed by atoms with Crippen LogP contribution in [0.4, 0.5) is 0 Å². The van der Waals surface area contributed by atoms with Gasteiger partial charge in [0.05, 0.1) is 32.1 Å². The molecule has 163 valence electrons. The molecule has 0 spiro atoms. The van der Waals surface area contributed by atoms with Gasteiger partial charge in [-0.1, -0.05) is 52.9 Å². The summed E-state index contributed by atoms with van der Waals surface area (Å²) in [5.74, 6) is 1.44. The Morgan fingerprint density at radius 3 is 2.64 bits per heavy atom. The normalized spacial score (nSPS) is 38.6. The first-order valence-corrected chi connectivity index (χ1v) is 12.0. The van der Waals surface area contributed by atoms with E-state index in [-0.39, 0.29) is 12.3 Å². The average molecular weight is 395 g/mol. The van der Waals surface area contributed by atoms with E-state index < -0.39 is 0 Å². The van der Waals surface area contributed by atoms with E-state index in [9.17, 15) is 0 Å². The Hall–Kier alpha value is -0.200. The summed E-state index contributed by atoms with van der Waals surface area (Å²) in [6.45, 7) is 14.9. The summed E-state index contributed by atoms with van der Waals surface area (Å²) in [5, 5.41) is 5.04. The van der Waals surface area contributed by atoms with Crippen molar-refractivity contribution in [3.05, 3.63) is 0 Å². The number of ether oxygens (including phenoxy) is 2. The average Bonchev–Trinajstić information content (AvgIpc) is 2.71. The minimum absolute atomic E-state index is 0.197. The standard InChI is InChI=1S/C23H44N3O2/c1-5-7-8-9-10-21-17-27-14-12-25(21)23-18(3)15-20(6-2)16-26(23)22-19(4)28-13-11-24-22/h18-23H,5-17H2,1-4H3. The molecule has 0 aromatic heterocycles. The second-order valence-electron chi connectivity index (χ2n) is 9.31. The number of rotatable bonds is 8. The van der Waals surface area contributed by atoms with E-state index in [1.807, 2.05) is 0 Å². The first-order valence-electron chi connectivity index (χ1n) is 12.0. The quantitative estimate of drug-likeness (QED) is 0.589. The first kappa shape index (κ1) is 22.5. The van der Waals surface area contributed by atoms with Gasteiger partial charge in [-0.15, -0.1) is 0 Å². The van der Waals surface area contributed by atoms with Crippen molar-refractivity contribution in [3.8, 4) is 0 Å². The zero-order valence-corrected chi connectivity index (χ0v) is 18.8. The second kappa shape index (κ2) is 11.3. The van der Waals surface area contributed by atoms with E-state index in [0.717, 1.165) is 45.4 Å². The van der Waals surface area contributed by atoms with Crippen molar-refractivity contribution in [1.82, 2.24) is 15.1 Å². The maximum absolute atomic E-state index is 6.02. The molecular formula is C23H44N3O2. The third kappa shape index (κ3) is 5.48. The van der Waals surface area contributed by atoms with Crippen LogP contribution in [0.2, 0.25) is 0 Å². The number of morpholine rings is 2. The molecule has 0 aromatic rings. The van der Waals surface area contributed by atoms with Crippen molar-refractivity contribution in [2.75, 3.05) is 39.5 Å². The highest BCUT2D eigenvalue weighted by Gasteiger charge is 2.45. The van der Waals surface area contributed by atoms with Gasteiger partial charge in [-0.2, -0.15) is 0 Å². The lowest BCUT2D eigenvalue weighted by atomic mass is 9.84. The summed E-state index contributed by atoms with van der Waals surface area (Å²) in [5.41, 5.74) is 0. The highest BCUT2D eigenvalue weighted by molar-refractivity contribution is 4.94. The number of nitrogens with zero attached hydrogens (tertiary/aromatic N) is 3. The SMILES string of the molecule is CCCCCCC1COCCN1C1C(C)CC(CC)CN1C1[N]CCOC1C. The Kier molecular flexibility index (Phi) is 9.04. The number of hydrogen-bond acceptors (Lipinski definition) is 4. The molecule has 0 N–H and O–H groups in total. The van der Waals surface area contributed by atoms with Crippen LogP contribution in [0.3, 0.4) is 0 Å². The van der Waals surface area contributed by atoms with Crippen LogP contribution in [0.25, 0.3) is 0 Å². The summed E-state index contributed by atoms with van der Waals surface area (Å²) >= 11 is 0. The van der Waals surface area contributed by atoms with Gasteiger partial charge >= 0.3 is 0 Å². The molecule has 0 saturated carbocycles. The Balaban J connectivity index is 1.75. The highest BCUT2D eigenvalue weighted by Crippen LogP contribution is 2.35. The van der Waals surface area contributed by atoms with Gasteiger partial charge in [0.2, 0.25) is 0 Å². The molecule has 0 aliphatic carbocycles. The molecule has 5 heteroatoms. The van der Waals surface area contributed by atoms with E-state index in [1.165, 1.54) is 44.9 Å². The summed E-state index contributed by atoms with van der Waals surface area (Å²) in [6.07, 6.45) is 10.1. The fraction of sp³-hybridized carbons (Fsp3) is 1.00. The molecule has 3 rings (SSSR count). The van der Waals surface area contributed by atoms with Crippen LogP contribution < -0.4 is 5.32 Å². The van der Waals surface area contributed by atoms with Gasteiger partial charge in [0, 0.05) is 25.7 Å². The molecule has 3 aliphatic heterocycles. The monoisotopic (exact) mass is 394 g/mol. The fourth-order valence-electron chi connectivity index (χ4n) is 5.64. The van der Waals surface area contributed by atoms with Crippen molar-refractivity contribution in [2.45, 2.75) is 97.1 Å². The second-order valence-corrected chi connectivity index (χ2v) is 9.31. The molecule has 0 amide bonds. The van der Waals surface area contributed by atoms with Crippen LogP contribution in [-0.4, -0.2) is 73.7 Å². The number of hydrogen-bond donors (Lipinski definition) is 0. The van der Waals surface area contributed by atoms with Crippen molar-refractivity contribution < 1.29 is 9.47 Å². The third-order valence-electron chi connectivity index (χ3n) is 7.15. The summed E-state index contributed by atoms with van der Waals surface area (Å²) in [4.78, 5) is 5.51. The maximum Gasteiger partial charge on any atom is 0.104 e. The summed E-state index contributed by atoms with van der Waals surface area (Å²) in [6, 6.07) is 0.554. The molecule has 0 aromatic carbocycles. The van der Waals surface area contributed by atoms with E-state index in [0.29, 0.717) is 18.1 Å². The van der Waals surface area contributed by atoms with E-state index in [2.05, 4.69) is 37.5 Å². The minimum Gasteiger partial charge on any atom is -0.378 e. The minimum atomic E-state index is 0.197. The predicted octanol–water partition coefficient (Wildman–Crippen LogP) is 3.70. The zero-order valence-electron chi connectivity index (χ0n) is 18.8. The topological polar surface area (TPSA) is 39.0 Å². The molecule has 3 heterocycles. The largest absolute Gasteiger partial charge is 0.378 e. The first-order chi connectivity index (χ1) is 13.7. The van der Waals surface area contributed by atoms with Crippen LogP contribution in [-0.2, 0) is 9.47 Å². The Labute approximate surface area is 173 Å². The summed E-state index contributed by atoms with van der Waals surface area (Å²) < 4.78 is 12.0. The lowest BCUT2D eigenvalue weighted by Gasteiger charge is -2.55. The molecule has 3 aliphatic rings. The zero-order chi connectivity index (χ0) is 19.9. The molecular weight excluding hydrogens is 350 g/mol. The van der Waals surface area contributed by atoms with Crippen LogP contribution in [0.15, 0.2) is 0 Å². The van der Waals surface area contributed by atoms with Gasteiger partial charge in [-0.05, 0) is 31.6 Å². The fourth-order valence-corrected chi connectivity index (χ4v) is 5.64. The highest BCUT2D eigenvalue weighted by atomic mass is 16.5. The van der Waals surface area contributed by atoms with Crippen LogP contribution in [0, 0.1) is 11.8 Å². The lowest BCUT2D eigenvalue weighted by Crippen LogP contribution is -2.68. The Morgan fingerprint density at radius 1 is 1.04 bits per heavy atom. The molecule has 28 heavy (non-hydrogen) atoms. The Bertz CT molecular complexity index is 450. The van der Waals surface area contributed by atoms with Crippen molar-refractivity contribution >= 4 is 0 Å². The molecule has 0 bridgehead atoms. The van der Waals surface area contributed by atoms with Gasteiger partial charge in [-0.25, -0.2) is 5.32 Å². The smallest absolute Gasteiger partial charge is 0.104 e. The molecule has 1 radical (unpaired) electrons. The Morgan fingerprint density at radius 2 is 1.89 bits per heavy atom. The van der Waals surface area contributed by atoms with E-state index in [4.69, 9.17) is 14.8 Å². The number of likely N-dealkylation sites (tertiary alicyclic amines) is 1. The van der Waals surface area contributed by atoms with Crippen LogP contribution >= 0.6 is 0 Å². The van der Waals surface area contributed by atoms with Gasteiger partial charge in [-0.3, -0.25) is 9.80 Å².